The van der Waals surface area contributed by atoms with Gasteiger partial charge in [-0.25, -0.2) is 9.97 Å². The lowest BCUT2D eigenvalue weighted by Gasteiger charge is -2.40. The number of imidazole rings is 1. The van der Waals surface area contributed by atoms with E-state index in [0.29, 0.717) is 24.7 Å². The Hall–Kier alpha value is -3.66. The molecule has 1 atom stereocenters. The van der Waals surface area contributed by atoms with Crippen molar-refractivity contribution in [2.24, 2.45) is 0 Å². The molecule has 166 valence electrons. The van der Waals surface area contributed by atoms with Crippen molar-refractivity contribution in [3.05, 3.63) is 54.7 Å². The smallest absolute Gasteiger partial charge is 0.236 e. The van der Waals surface area contributed by atoms with Crippen molar-refractivity contribution in [1.82, 2.24) is 29.7 Å². The van der Waals surface area contributed by atoms with Crippen LogP contribution in [0.5, 0.6) is 11.5 Å². The molecular weight excluding hydrogens is 410 g/mol. The van der Waals surface area contributed by atoms with E-state index >= 15 is 0 Å². The molecule has 5 rings (SSSR count). The minimum Gasteiger partial charge on any atom is -0.454 e. The normalized spacial score (nSPS) is 18.0. The molecule has 3 aromatic rings. The van der Waals surface area contributed by atoms with E-state index in [4.69, 9.17) is 14.5 Å². The number of anilines is 1. The van der Waals surface area contributed by atoms with Gasteiger partial charge in [-0.15, -0.1) is 0 Å². The van der Waals surface area contributed by atoms with Gasteiger partial charge in [0.25, 0.3) is 0 Å². The third-order valence-corrected chi connectivity index (χ3v) is 5.69. The number of hydrogen-bond donors (Lipinski definition) is 1. The van der Waals surface area contributed by atoms with E-state index in [1.807, 2.05) is 30.5 Å². The molecule has 0 radical (unpaired) electrons. The molecule has 1 aromatic carbocycles. The number of likely N-dealkylation sites (N-methyl/N-ethyl adjacent to an activating group) is 1. The summed E-state index contributed by atoms with van der Waals surface area (Å²) >= 11 is 0. The highest BCUT2D eigenvalue weighted by Crippen LogP contribution is 2.32. The fourth-order valence-corrected chi connectivity index (χ4v) is 4.03. The summed E-state index contributed by atoms with van der Waals surface area (Å²) in [4.78, 5) is 30.4. The number of hydrogen-bond acceptors (Lipinski definition) is 8. The van der Waals surface area contributed by atoms with Crippen LogP contribution in [0.25, 0.3) is 5.95 Å². The number of ether oxygens (including phenoxy) is 2. The molecule has 0 bridgehead atoms. The number of rotatable bonds is 6. The summed E-state index contributed by atoms with van der Waals surface area (Å²) in [5, 5.41) is 3.03. The lowest BCUT2D eigenvalue weighted by atomic mass is 10.1. The Morgan fingerprint density at radius 1 is 1.19 bits per heavy atom. The van der Waals surface area contributed by atoms with Gasteiger partial charge in [0.15, 0.2) is 11.5 Å². The summed E-state index contributed by atoms with van der Waals surface area (Å²) in [6, 6.07) is 7.61. The first kappa shape index (κ1) is 20.3. The van der Waals surface area contributed by atoms with Gasteiger partial charge in [0.1, 0.15) is 12.1 Å². The number of piperazine rings is 1. The summed E-state index contributed by atoms with van der Waals surface area (Å²) in [5.41, 5.74) is 0.973. The van der Waals surface area contributed by atoms with Gasteiger partial charge >= 0.3 is 0 Å². The molecule has 10 nitrogen and oxygen atoms in total. The Kier molecular flexibility index (Phi) is 5.59. The summed E-state index contributed by atoms with van der Waals surface area (Å²) in [5.74, 6) is 2.82. The van der Waals surface area contributed by atoms with Crippen molar-refractivity contribution in [1.29, 1.82) is 0 Å². The maximum atomic E-state index is 12.8. The zero-order valence-corrected chi connectivity index (χ0v) is 17.8. The molecule has 1 saturated heterocycles. The molecular formula is C22H25N7O3. The second kappa shape index (κ2) is 8.83. The number of nitrogens with one attached hydrogen (secondary N) is 1. The summed E-state index contributed by atoms with van der Waals surface area (Å²) < 4.78 is 12.5. The van der Waals surface area contributed by atoms with Crippen LogP contribution < -0.4 is 19.7 Å². The summed E-state index contributed by atoms with van der Waals surface area (Å²) in [7, 11) is 2.08. The highest BCUT2D eigenvalue weighted by atomic mass is 16.7. The Morgan fingerprint density at radius 3 is 2.97 bits per heavy atom. The fraction of sp³-hybridized carbons (Fsp3) is 0.364. The van der Waals surface area contributed by atoms with Crippen molar-refractivity contribution >= 4 is 11.7 Å². The summed E-state index contributed by atoms with van der Waals surface area (Å²) in [6.45, 7) is 3.15. The number of carbonyl (C=O) groups excluding carboxylic acids is 1. The second-order valence-corrected chi connectivity index (χ2v) is 7.96. The van der Waals surface area contributed by atoms with Gasteiger partial charge in [0.05, 0.1) is 6.04 Å². The predicted octanol–water partition coefficient (Wildman–Crippen LogP) is 1.22. The third-order valence-electron chi connectivity index (χ3n) is 5.69. The van der Waals surface area contributed by atoms with E-state index in [2.05, 4.69) is 32.1 Å². The first-order chi connectivity index (χ1) is 15.7. The largest absolute Gasteiger partial charge is 0.454 e. The van der Waals surface area contributed by atoms with Gasteiger partial charge in [-0.1, -0.05) is 6.07 Å². The van der Waals surface area contributed by atoms with E-state index in [9.17, 15) is 4.79 Å². The molecule has 32 heavy (non-hydrogen) atoms. The molecule has 1 fully saturated rings. The monoisotopic (exact) mass is 435 g/mol. The van der Waals surface area contributed by atoms with E-state index in [1.54, 1.807) is 23.3 Å². The first-order valence-electron chi connectivity index (χ1n) is 10.6. The number of fused-ring (bicyclic) bond motifs is 1. The Labute approximate surface area is 185 Å². The standard InChI is InChI=1S/C22H25N7O3/c1-27-8-9-29(20-4-5-24-22(26-20)28-7-6-23-14-28)17(13-27)11-21(30)25-12-16-2-3-18-19(10-16)32-15-31-18/h2-7,10,14,17H,8-9,11-13,15H2,1H3,(H,25,30). The molecule has 2 aliphatic heterocycles. The highest BCUT2D eigenvalue weighted by molar-refractivity contribution is 5.77. The fourth-order valence-electron chi connectivity index (χ4n) is 4.03. The molecule has 1 N–H and O–H groups in total. The van der Waals surface area contributed by atoms with Crippen molar-refractivity contribution < 1.29 is 14.3 Å². The highest BCUT2D eigenvalue weighted by Gasteiger charge is 2.28. The summed E-state index contributed by atoms with van der Waals surface area (Å²) in [6.07, 6.45) is 7.29. The Morgan fingerprint density at radius 2 is 2.09 bits per heavy atom. The van der Waals surface area contributed by atoms with Crippen LogP contribution in [0.15, 0.2) is 49.2 Å². The Bertz CT molecular complexity index is 1090. The van der Waals surface area contributed by atoms with Crippen LogP contribution in [0.3, 0.4) is 0 Å². The zero-order chi connectivity index (χ0) is 21.9. The topological polar surface area (TPSA) is 97.6 Å². The van der Waals surface area contributed by atoms with Gasteiger partial charge in [-0.3, -0.25) is 9.36 Å². The van der Waals surface area contributed by atoms with Crippen LogP contribution >= 0.6 is 0 Å². The minimum absolute atomic E-state index is 0.00291. The predicted molar refractivity (Wildman–Crippen MR) is 117 cm³/mol. The lowest BCUT2D eigenvalue weighted by molar-refractivity contribution is -0.121. The minimum atomic E-state index is -0.00291. The van der Waals surface area contributed by atoms with Crippen molar-refractivity contribution in [3.63, 3.8) is 0 Å². The molecule has 2 aliphatic rings. The van der Waals surface area contributed by atoms with Crippen LogP contribution in [0.1, 0.15) is 12.0 Å². The molecule has 10 heteroatoms. The van der Waals surface area contributed by atoms with E-state index in [0.717, 1.165) is 36.8 Å². The van der Waals surface area contributed by atoms with Crippen molar-refractivity contribution in [2.75, 3.05) is 38.4 Å². The van der Waals surface area contributed by atoms with Gasteiger partial charge in [-0.05, 0) is 30.8 Å². The first-order valence-corrected chi connectivity index (χ1v) is 10.6. The average molecular weight is 435 g/mol. The van der Waals surface area contributed by atoms with Crippen LogP contribution in [-0.2, 0) is 11.3 Å². The number of amides is 1. The SMILES string of the molecule is CN1CCN(c2ccnc(-n3ccnc3)n2)C(CC(=O)NCc2ccc3c(c2)OCO3)C1. The molecule has 0 aliphatic carbocycles. The lowest BCUT2D eigenvalue weighted by Crippen LogP contribution is -2.53. The molecule has 1 amide bonds. The maximum Gasteiger partial charge on any atom is 0.236 e. The van der Waals surface area contributed by atoms with Crippen LogP contribution in [-0.4, -0.2) is 69.8 Å². The van der Waals surface area contributed by atoms with Gasteiger partial charge in [0.2, 0.25) is 18.6 Å². The van der Waals surface area contributed by atoms with E-state index in [1.165, 1.54) is 0 Å². The van der Waals surface area contributed by atoms with Crippen LogP contribution in [0.2, 0.25) is 0 Å². The number of aromatic nitrogens is 4. The van der Waals surface area contributed by atoms with E-state index < -0.39 is 0 Å². The second-order valence-electron chi connectivity index (χ2n) is 7.96. The number of carbonyl (C=O) groups is 1. The molecule has 1 unspecified atom stereocenters. The zero-order valence-electron chi connectivity index (χ0n) is 17.8. The Balaban J connectivity index is 1.26. The van der Waals surface area contributed by atoms with E-state index in [-0.39, 0.29) is 18.7 Å². The van der Waals surface area contributed by atoms with Gasteiger partial charge in [0, 0.05) is 51.2 Å². The number of benzene rings is 1. The van der Waals surface area contributed by atoms with Gasteiger partial charge < -0.3 is 24.6 Å². The molecule has 2 aromatic heterocycles. The quantitative estimate of drug-likeness (QED) is 0.617. The third kappa shape index (κ3) is 4.35. The van der Waals surface area contributed by atoms with Crippen LogP contribution in [0, 0.1) is 0 Å². The average Bonchev–Trinajstić information content (AvgIpc) is 3.50. The maximum absolute atomic E-state index is 12.8. The number of nitrogens with zero attached hydrogens (tertiary/aromatic N) is 6. The van der Waals surface area contributed by atoms with Crippen LogP contribution in [0.4, 0.5) is 5.82 Å². The van der Waals surface area contributed by atoms with Crippen molar-refractivity contribution in [3.8, 4) is 17.4 Å². The molecule has 0 spiro atoms. The molecule has 4 heterocycles. The van der Waals surface area contributed by atoms with Gasteiger partial charge in [-0.2, -0.15) is 4.98 Å². The van der Waals surface area contributed by atoms with Crippen molar-refractivity contribution in [2.45, 2.75) is 19.0 Å². The molecule has 0 saturated carbocycles.